The minimum Gasteiger partial charge on any atom is -0.494 e. The van der Waals surface area contributed by atoms with Crippen LogP contribution in [-0.2, 0) is 0 Å². The summed E-state index contributed by atoms with van der Waals surface area (Å²) in [4.78, 5) is 0. The number of ether oxygens (including phenoxy) is 1. The van der Waals surface area contributed by atoms with E-state index in [2.05, 4.69) is 22.7 Å². The first-order chi connectivity index (χ1) is 8.04. The van der Waals surface area contributed by atoms with Crippen LogP contribution in [0.3, 0.4) is 0 Å². The molecule has 0 radical (unpaired) electrons. The van der Waals surface area contributed by atoms with E-state index in [-0.39, 0.29) is 5.11 Å². The lowest BCUT2D eigenvalue weighted by atomic mass is 10.0. The summed E-state index contributed by atoms with van der Waals surface area (Å²) in [6.45, 7) is 6.65. The van der Waals surface area contributed by atoms with Gasteiger partial charge in [0.15, 0.2) is 5.11 Å². The van der Waals surface area contributed by atoms with Crippen LogP contribution in [0.25, 0.3) is 0 Å². The zero-order valence-electron chi connectivity index (χ0n) is 10.3. The van der Waals surface area contributed by atoms with E-state index >= 15 is 0 Å². The molecule has 1 aromatic rings. The monoisotopic (exact) mass is 251 g/mol. The Morgan fingerprint density at radius 1 is 1.47 bits per heavy atom. The molecule has 3 N–H and O–H groups in total. The van der Waals surface area contributed by atoms with Gasteiger partial charge < -0.3 is 10.5 Å². The highest BCUT2D eigenvalue weighted by Crippen LogP contribution is 2.20. The smallest absolute Gasteiger partial charge is 0.184 e. The number of nitrogens with two attached hydrogens (primary N) is 1. The zero-order chi connectivity index (χ0) is 12.8. The third-order valence-electron chi connectivity index (χ3n) is 2.25. The van der Waals surface area contributed by atoms with Crippen LogP contribution in [0.1, 0.15) is 23.6 Å². The topological polar surface area (TPSA) is 59.6 Å². The number of benzene rings is 1. The summed E-state index contributed by atoms with van der Waals surface area (Å²) < 4.78 is 5.46. The standard InChI is InChI=1S/C12H17N3OS/c1-4-16-10-5-8(2)11(9(3)6-10)7-14-15-12(13)17/h5-7H,4H2,1-3H3,(H3,13,15,17). The van der Waals surface area contributed by atoms with E-state index in [0.717, 1.165) is 22.4 Å². The molecule has 1 aromatic carbocycles. The van der Waals surface area contributed by atoms with Crippen LogP contribution in [0.15, 0.2) is 17.2 Å². The van der Waals surface area contributed by atoms with E-state index in [9.17, 15) is 0 Å². The van der Waals surface area contributed by atoms with Crippen molar-refractivity contribution in [1.29, 1.82) is 0 Å². The number of hydrazone groups is 1. The molecule has 0 unspecified atom stereocenters. The predicted molar refractivity (Wildman–Crippen MR) is 74.6 cm³/mol. The van der Waals surface area contributed by atoms with Crippen LogP contribution in [0.5, 0.6) is 5.75 Å². The second kappa shape index (κ2) is 6.20. The Morgan fingerprint density at radius 3 is 2.53 bits per heavy atom. The Labute approximate surface area is 107 Å². The van der Waals surface area contributed by atoms with Crippen LogP contribution in [0, 0.1) is 13.8 Å². The summed E-state index contributed by atoms with van der Waals surface area (Å²) in [6.07, 6.45) is 1.71. The highest BCUT2D eigenvalue weighted by atomic mass is 32.1. The maximum Gasteiger partial charge on any atom is 0.184 e. The first-order valence-corrected chi connectivity index (χ1v) is 5.78. The first kappa shape index (κ1) is 13.4. The molecule has 0 amide bonds. The van der Waals surface area contributed by atoms with Crippen molar-refractivity contribution in [3.63, 3.8) is 0 Å². The molecule has 0 bridgehead atoms. The van der Waals surface area contributed by atoms with E-state index in [1.165, 1.54) is 0 Å². The molecule has 0 aliphatic rings. The van der Waals surface area contributed by atoms with Gasteiger partial charge in [-0.1, -0.05) is 0 Å². The maximum atomic E-state index is 5.46. The molecule has 1 rings (SSSR count). The summed E-state index contributed by atoms with van der Waals surface area (Å²) in [5.74, 6) is 0.877. The summed E-state index contributed by atoms with van der Waals surface area (Å²) in [5.41, 5.74) is 11.1. The van der Waals surface area contributed by atoms with Crippen molar-refractivity contribution < 1.29 is 4.74 Å². The van der Waals surface area contributed by atoms with Gasteiger partial charge in [0.1, 0.15) is 5.75 Å². The molecule has 0 aliphatic carbocycles. The fourth-order valence-electron chi connectivity index (χ4n) is 1.55. The van der Waals surface area contributed by atoms with E-state index in [1.807, 2.05) is 32.9 Å². The van der Waals surface area contributed by atoms with Crippen molar-refractivity contribution in [1.82, 2.24) is 5.43 Å². The second-order valence-electron chi connectivity index (χ2n) is 3.64. The number of nitrogens with zero attached hydrogens (tertiary/aromatic N) is 1. The van der Waals surface area contributed by atoms with Gasteiger partial charge in [0.2, 0.25) is 0 Å². The van der Waals surface area contributed by atoms with Crippen LogP contribution in [0.4, 0.5) is 0 Å². The Morgan fingerprint density at radius 2 is 2.06 bits per heavy atom. The van der Waals surface area contributed by atoms with E-state index in [4.69, 9.17) is 10.5 Å². The maximum absolute atomic E-state index is 5.46. The van der Waals surface area contributed by atoms with Crippen LogP contribution >= 0.6 is 12.2 Å². The highest BCUT2D eigenvalue weighted by Gasteiger charge is 2.03. The molecule has 0 aromatic heterocycles. The Bertz CT molecular complexity index is 420. The Kier molecular flexibility index (Phi) is 4.90. The fourth-order valence-corrected chi connectivity index (χ4v) is 1.60. The van der Waals surface area contributed by atoms with Crippen molar-refractivity contribution in [3.8, 4) is 5.75 Å². The molecule has 0 saturated carbocycles. The first-order valence-electron chi connectivity index (χ1n) is 5.37. The third-order valence-corrected chi connectivity index (χ3v) is 2.34. The SMILES string of the molecule is CCOc1cc(C)c(C=NNC(N)=S)c(C)c1. The Balaban J connectivity index is 2.93. The molecule has 5 heteroatoms. The lowest BCUT2D eigenvalue weighted by Crippen LogP contribution is -2.24. The Hall–Kier alpha value is -1.62. The molecule has 0 saturated heterocycles. The summed E-state index contributed by atoms with van der Waals surface area (Å²) in [7, 11) is 0. The minimum absolute atomic E-state index is 0.155. The average molecular weight is 251 g/mol. The number of hydrogen-bond acceptors (Lipinski definition) is 3. The molecule has 17 heavy (non-hydrogen) atoms. The lowest BCUT2D eigenvalue weighted by molar-refractivity contribution is 0.340. The average Bonchev–Trinajstić information content (AvgIpc) is 2.22. The number of hydrogen-bond donors (Lipinski definition) is 2. The predicted octanol–water partition coefficient (Wildman–Crippen LogP) is 1.87. The van der Waals surface area contributed by atoms with E-state index < -0.39 is 0 Å². The summed E-state index contributed by atoms with van der Waals surface area (Å²) >= 11 is 4.66. The van der Waals surface area contributed by atoms with Crippen molar-refractivity contribution in [3.05, 3.63) is 28.8 Å². The molecular formula is C12H17N3OS. The van der Waals surface area contributed by atoms with Gasteiger partial charge in [0.25, 0.3) is 0 Å². The molecule has 0 heterocycles. The molecular weight excluding hydrogens is 234 g/mol. The van der Waals surface area contributed by atoms with Crippen molar-refractivity contribution in [2.45, 2.75) is 20.8 Å². The van der Waals surface area contributed by atoms with Gasteiger partial charge in [-0.05, 0) is 56.2 Å². The molecule has 0 atom stereocenters. The van der Waals surface area contributed by atoms with E-state index in [0.29, 0.717) is 6.61 Å². The van der Waals surface area contributed by atoms with Gasteiger partial charge in [-0.25, -0.2) is 0 Å². The fraction of sp³-hybridized carbons (Fsp3) is 0.333. The van der Waals surface area contributed by atoms with Crippen molar-refractivity contribution in [2.75, 3.05) is 6.61 Å². The van der Waals surface area contributed by atoms with Gasteiger partial charge >= 0.3 is 0 Å². The second-order valence-corrected chi connectivity index (χ2v) is 4.08. The third kappa shape index (κ3) is 4.03. The number of rotatable bonds is 4. The van der Waals surface area contributed by atoms with Gasteiger partial charge in [-0.15, -0.1) is 0 Å². The highest BCUT2D eigenvalue weighted by molar-refractivity contribution is 7.80. The largest absolute Gasteiger partial charge is 0.494 e. The van der Waals surface area contributed by atoms with Crippen LogP contribution < -0.4 is 15.9 Å². The normalized spacial score (nSPS) is 10.5. The van der Waals surface area contributed by atoms with Crippen LogP contribution in [-0.4, -0.2) is 17.9 Å². The minimum atomic E-state index is 0.155. The van der Waals surface area contributed by atoms with Crippen LogP contribution in [0.2, 0.25) is 0 Å². The van der Waals surface area contributed by atoms with Gasteiger partial charge in [-0.2, -0.15) is 5.10 Å². The zero-order valence-corrected chi connectivity index (χ0v) is 11.1. The number of thiocarbonyl (C=S) groups is 1. The molecule has 92 valence electrons. The summed E-state index contributed by atoms with van der Waals surface area (Å²) in [6, 6.07) is 3.97. The molecule has 0 aliphatic heterocycles. The van der Waals surface area contributed by atoms with Crippen molar-refractivity contribution >= 4 is 23.5 Å². The summed E-state index contributed by atoms with van der Waals surface area (Å²) in [5, 5.41) is 4.11. The number of nitrogens with one attached hydrogen (secondary N) is 1. The van der Waals surface area contributed by atoms with Gasteiger partial charge in [0.05, 0.1) is 12.8 Å². The molecule has 0 fully saturated rings. The number of aryl methyl sites for hydroxylation is 2. The van der Waals surface area contributed by atoms with Crippen molar-refractivity contribution in [2.24, 2.45) is 10.8 Å². The molecule has 4 nitrogen and oxygen atoms in total. The lowest BCUT2D eigenvalue weighted by Gasteiger charge is -2.09. The molecule has 0 spiro atoms. The van der Waals surface area contributed by atoms with Gasteiger partial charge in [-0.3, -0.25) is 5.43 Å². The quantitative estimate of drug-likeness (QED) is 0.487. The van der Waals surface area contributed by atoms with Gasteiger partial charge in [0, 0.05) is 5.56 Å². The van der Waals surface area contributed by atoms with E-state index in [1.54, 1.807) is 6.21 Å².